The molecule has 0 unspecified atom stereocenters. The molecular formula is C24H17N3O5S. The van der Waals surface area contributed by atoms with Gasteiger partial charge < -0.3 is 14.1 Å². The maximum atomic E-state index is 12.6. The first-order valence-electron chi connectivity index (χ1n) is 9.98. The minimum atomic E-state index is -3.80. The van der Waals surface area contributed by atoms with Crippen molar-refractivity contribution in [2.45, 2.75) is 11.4 Å². The van der Waals surface area contributed by atoms with Crippen molar-refractivity contribution in [3.05, 3.63) is 108 Å². The van der Waals surface area contributed by atoms with Gasteiger partial charge in [0.15, 0.2) is 5.84 Å². The van der Waals surface area contributed by atoms with E-state index in [0.29, 0.717) is 34.2 Å². The topological polar surface area (TPSA) is 102 Å². The van der Waals surface area contributed by atoms with E-state index in [1.807, 2.05) is 0 Å². The fourth-order valence-electron chi connectivity index (χ4n) is 3.47. The summed E-state index contributed by atoms with van der Waals surface area (Å²) in [7, 11) is -3.80. The standard InChI is InChI=1S/C24H17N3O5S/c28-24(17-5-3-13-25-15-17)32-19-11-9-18(10-12-19)27(16-20-6-4-14-31-20)23-21-7-1-2-8-22(21)33(29,30)26-23/h1-15H,16H2. The summed E-state index contributed by atoms with van der Waals surface area (Å²) in [6.07, 6.45) is 4.55. The Kier molecular flexibility index (Phi) is 5.23. The summed E-state index contributed by atoms with van der Waals surface area (Å²) >= 11 is 0. The number of fused-ring (bicyclic) bond motifs is 1. The van der Waals surface area contributed by atoms with Gasteiger partial charge in [0.2, 0.25) is 0 Å². The molecule has 0 bridgehead atoms. The van der Waals surface area contributed by atoms with Crippen molar-refractivity contribution in [3.8, 4) is 5.75 Å². The van der Waals surface area contributed by atoms with Crippen molar-refractivity contribution in [1.82, 2.24) is 4.98 Å². The van der Waals surface area contributed by atoms with Gasteiger partial charge in [-0.1, -0.05) is 12.1 Å². The Labute approximate surface area is 189 Å². The van der Waals surface area contributed by atoms with Crippen LogP contribution in [0.3, 0.4) is 0 Å². The monoisotopic (exact) mass is 459 g/mol. The molecule has 5 rings (SSSR count). The molecule has 164 valence electrons. The quantitative estimate of drug-likeness (QED) is 0.328. The Morgan fingerprint density at radius 3 is 2.52 bits per heavy atom. The zero-order valence-corrected chi connectivity index (χ0v) is 18.0. The van der Waals surface area contributed by atoms with Gasteiger partial charge >= 0.3 is 5.97 Å². The molecule has 0 spiro atoms. The average molecular weight is 459 g/mol. The van der Waals surface area contributed by atoms with E-state index in [4.69, 9.17) is 9.15 Å². The third-order valence-electron chi connectivity index (χ3n) is 5.02. The van der Waals surface area contributed by atoms with E-state index in [0.717, 1.165) is 0 Å². The molecule has 0 aliphatic carbocycles. The number of hydrogen-bond acceptors (Lipinski definition) is 7. The van der Waals surface area contributed by atoms with Crippen LogP contribution < -0.4 is 9.64 Å². The number of carbonyl (C=O) groups excluding carboxylic acids is 1. The molecule has 1 aliphatic rings. The molecule has 1 aliphatic heterocycles. The van der Waals surface area contributed by atoms with Gasteiger partial charge in [-0.2, -0.15) is 8.42 Å². The number of benzene rings is 2. The molecule has 3 heterocycles. The molecule has 0 N–H and O–H groups in total. The SMILES string of the molecule is O=C(Oc1ccc(N(Cc2ccco2)C2=NS(=O)(=O)c3ccccc32)cc1)c1cccnc1. The van der Waals surface area contributed by atoms with Gasteiger partial charge in [0, 0.05) is 23.6 Å². The van der Waals surface area contributed by atoms with Crippen LogP contribution in [0.2, 0.25) is 0 Å². The zero-order chi connectivity index (χ0) is 22.8. The van der Waals surface area contributed by atoms with Gasteiger partial charge in [0.25, 0.3) is 10.0 Å². The molecule has 33 heavy (non-hydrogen) atoms. The largest absolute Gasteiger partial charge is 0.467 e. The molecule has 0 atom stereocenters. The number of pyridine rings is 1. The average Bonchev–Trinajstić information content (AvgIpc) is 3.45. The Bertz CT molecular complexity index is 1430. The van der Waals surface area contributed by atoms with Crippen LogP contribution in [-0.2, 0) is 16.6 Å². The lowest BCUT2D eigenvalue weighted by Crippen LogP contribution is -2.30. The van der Waals surface area contributed by atoms with Crippen LogP contribution in [0.5, 0.6) is 5.75 Å². The highest BCUT2D eigenvalue weighted by atomic mass is 32.2. The maximum Gasteiger partial charge on any atom is 0.345 e. The summed E-state index contributed by atoms with van der Waals surface area (Å²) in [4.78, 5) is 18.1. The van der Waals surface area contributed by atoms with Crippen molar-refractivity contribution in [2.75, 3.05) is 4.90 Å². The molecule has 0 saturated heterocycles. The minimum absolute atomic E-state index is 0.159. The molecule has 9 heteroatoms. The smallest absolute Gasteiger partial charge is 0.345 e. The predicted octanol–water partition coefficient (Wildman–Crippen LogP) is 4.05. The van der Waals surface area contributed by atoms with Gasteiger partial charge in [-0.3, -0.25) is 4.98 Å². The molecule has 0 saturated carbocycles. The van der Waals surface area contributed by atoms with Crippen LogP contribution in [-0.4, -0.2) is 25.2 Å². The highest BCUT2D eigenvalue weighted by Crippen LogP contribution is 2.31. The van der Waals surface area contributed by atoms with Crippen LogP contribution in [0.25, 0.3) is 0 Å². The highest BCUT2D eigenvalue weighted by Gasteiger charge is 2.32. The molecule has 0 radical (unpaired) electrons. The first-order valence-corrected chi connectivity index (χ1v) is 11.4. The summed E-state index contributed by atoms with van der Waals surface area (Å²) in [5.74, 6) is 0.740. The third kappa shape index (κ3) is 4.13. The van der Waals surface area contributed by atoms with Gasteiger partial charge in [-0.25, -0.2) is 4.79 Å². The number of amidine groups is 1. The summed E-state index contributed by atoms with van der Waals surface area (Å²) in [5, 5.41) is 0. The van der Waals surface area contributed by atoms with E-state index in [9.17, 15) is 13.2 Å². The maximum absolute atomic E-state index is 12.6. The first-order chi connectivity index (χ1) is 16.0. The number of esters is 1. The number of aromatic nitrogens is 1. The lowest BCUT2D eigenvalue weighted by molar-refractivity contribution is 0.0734. The Balaban J connectivity index is 1.48. The second-order valence-electron chi connectivity index (χ2n) is 7.18. The van der Waals surface area contributed by atoms with Crippen molar-refractivity contribution < 1.29 is 22.4 Å². The van der Waals surface area contributed by atoms with Crippen LogP contribution in [0.15, 0.2) is 105 Å². The van der Waals surface area contributed by atoms with Gasteiger partial charge in [-0.15, -0.1) is 4.40 Å². The number of anilines is 1. The number of carbonyl (C=O) groups is 1. The van der Waals surface area contributed by atoms with Crippen LogP contribution in [0, 0.1) is 0 Å². The number of hydrogen-bond donors (Lipinski definition) is 0. The van der Waals surface area contributed by atoms with Crippen molar-refractivity contribution in [1.29, 1.82) is 0 Å². The summed E-state index contributed by atoms with van der Waals surface area (Å²) < 4.78 is 40.2. The van der Waals surface area contributed by atoms with Gasteiger partial charge in [-0.05, 0) is 60.7 Å². The fraction of sp³-hybridized carbons (Fsp3) is 0.0417. The van der Waals surface area contributed by atoms with Crippen molar-refractivity contribution in [2.24, 2.45) is 4.40 Å². The predicted molar refractivity (Wildman–Crippen MR) is 121 cm³/mol. The minimum Gasteiger partial charge on any atom is -0.467 e. The summed E-state index contributed by atoms with van der Waals surface area (Å²) in [5.41, 5.74) is 1.50. The van der Waals surface area contributed by atoms with E-state index in [1.165, 1.54) is 12.3 Å². The molecule has 2 aromatic heterocycles. The van der Waals surface area contributed by atoms with E-state index in [-0.39, 0.29) is 11.4 Å². The molecule has 0 fully saturated rings. The van der Waals surface area contributed by atoms with E-state index in [1.54, 1.807) is 84.1 Å². The number of ether oxygens (including phenoxy) is 1. The Morgan fingerprint density at radius 1 is 0.970 bits per heavy atom. The molecule has 2 aromatic carbocycles. The molecule has 8 nitrogen and oxygen atoms in total. The number of sulfonamides is 1. The Morgan fingerprint density at radius 2 is 1.79 bits per heavy atom. The molecular weight excluding hydrogens is 442 g/mol. The fourth-order valence-corrected chi connectivity index (χ4v) is 4.68. The molecule has 4 aromatic rings. The lowest BCUT2D eigenvalue weighted by Gasteiger charge is -2.24. The summed E-state index contributed by atoms with van der Waals surface area (Å²) in [6.45, 7) is 0.254. The van der Waals surface area contributed by atoms with E-state index >= 15 is 0 Å². The summed E-state index contributed by atoms with van der Waals surface area (Å²) in [6, 6.07) is 20.2. The first kappa shape index (κ1) is 20.7. The van der Waals surface area contributed by atoms with Gasteiger partial charge in [0.05, 0.1) is 18.4 Å². The zero-order valence-electron chi connectivity index (χ0n) is 17.2. The van der Waals surface area contributed by atoms with E-state index < -0.39 is 16.0 Å². The lowest BCUT2D eigenvalue weighted by atomic mass is 10.1. The van der Waals surface area contributed by atoms with Crippen molar-refractivity contribution >= 4 is 27.5 Å². The van der Waals surface area contributed by atoms with Crippen LogP contribution in [0.1, 0.15) is 21.7 Å². The van der Waals surface area contributed by atoms with Crippen LogP contribution in [0.4, 0.5) is 5.69 Å². The normalized spacial score (nSPS) is 13.8. The number of nitrogens with zero attached hydrogens (tertiary/aromatic N) is 3. The van der Waals surface area contributed by atoms with Crippen molar-refractivity contribution in [3.63, 3.8) is 0 Å². The molecule has 0 amide bonds. The highest BCUT2D eigenvalue weighted by molar-refractivity contribution is 7.90. The number of rotatable bonds is 5. The second-order valence-corrected chi connectivity index (χ2v) is 8.75. The third-order valence-corrected chi connectivity index (χ3v) is 6.34. The Hall–Kier alpha value is -4.24. The second kappa shape index (κ2) is 8.36. The van der Waals surface area contributed by atoms with Crippen LogP contribution >= 0.6 is 0 Å². The number of furan rings is 1. The van der Waals surface area contributed by atoms with Gasteiger partial charge in [0.1, 0.15) is 16.4 Å². The van der Waals surface area contributed by atoms with E-state index in [2.05, 4.69) is 9.38 Å².